The zero-order valence-electron chi connectivity index (χ0n) is 11.4. The van der Waals surface area contributed by atoms with E-state index in [9.17, 15) is 8.78 Å². The van der Waals surface area contributed by atoms with E-state index < -0.39 is 11.6 Å². The maximum Gasteiger partial charge on any atom is 0.149 e. The Bertz CT molecular complexity index is 581. The van der Waals surface area contributed by atoms with Crippen molar-refractivity contribution in [2.24, 2.45) is 0 Å². The highest BCUT2D eigenvalue weighted by Gasteiger charge is 2.10. The summed E-state index contributed by atoms with van der Waals surface area (Å²) < 4.78 is 27.2. The molecule has 2 aromatic rings. The normalized spacial score (nSPS) is 10.4. The highest BCUT2D eigenvalue weighted by Crippen LogP contribution is 2.23. The van der Waals surface area contributed by atoms with Crippen molar-refractivity contribution in [3.63, 3.8) is 0 Å². The van der Waals surface area contributed by atoms with Gasteiger partial charge in [-0.25, -0.2) is 18.7 Å². The molecular weight excluding hydrogens is 262 g/mol. The molecule has 0 aliphatic rings. The van der Waals surface area contributed by atoms with E-state index in [1.807, 2.05) is 13.8 Å². The number of halogens is 2. The van der Waals surface area contributed by atoms with Crippen molar-refractivity contribution < 1.29 is 8.78 Å². The van der Waals surface area contributed by atoms with Crippen LogP contribution < -0.4 is 10.6 Å². The summed E-state index contributed by atoms with van der Waals surface area (Å²) in [5.41, 5.74) is -0.212. The quantitative estimate of drug-likeness (QED) is 0.879. The van der Waals surface area contributed by atoms with Crippen molar-refractivity contribution in [1.82, 2.24) is 9.97 Å². The summed E-state index contributed by atoms with van der Waals surface area (Å²) in [6, 6.07) is 5.32. The number of hydrogen-bond acceptors (Lipinski definition) is 4. The molecule has 0 saturated heterocycles. The molecule has 1 aromatic heterocycles. The lowest BCUT2D eigenvalue weighted by Crippen LogP contribution is -2.06. The highest BCUT2D eigenvalue weighted by atomic mass is 19.1. The molecule has 0 unspecified atom stereocenters. The Labute approximate surface area is 116 Å². The van der Waals surface area contributed by atoms with Crippen LogP contribution in [-0.4, -0.2) is 16.5 Å². The predicted octanol–water partition coefficient (Wildman–Crippen LogP) is 3.49. The van der Waals surface area contributed by atoms with Crippen molar-refractivity contribution >= 4 is 17.3 Å². The monoisotopic (exact) mass is 278 g/mol. The summed E-state index contributed by atoms with van der Waals surface area (Å²) in [7, 11) is 0. The smallest absolute Gasteiger partial charge is 0.149 e. The number of nitrogens with zero attached hydrogens (tertiary/aromatic N) is 2. The number of nitrogens with one attached hydrogen (secondary N) is 2. The number of aromatic nitrogens is 2. The van der Waals surface area contributed by atoms with E-state index in [2.05, 4.69) is 20.6 Å². The third kappa shape index (κ3) is 3.20. The minimum Gasteiger partial charge on any atom is -0.370 e. The van der Waals surface area contributed by atoms with E-state index in [1.54, 1.807) is 6.07 Å². The van der Waals surface area contributed by atoms with E-state index in [-0.39, 0.29) is 5.69 Å². The molecule has 0 radical (unpaired) electrons. The highest BCUT2D eigenvalue weighted by molar-refractivity contribution is 5.60. The Balaban J connectivity index is 2.35. The molecular formula is C14H16F2N4. The van der Waals surface area contributed by atoms with Crippen LogP contribution in [0.25, 0.3) is 0 Å². The molecule has 1 heterocycles. The molecule has 0 fully saturated rings. The van der Waals surface area contributed by atoms with Gasteiger partial charge in [-0.3, -0.25) is 0 Å². The van der Waals surface area contributed by atoms with Crippen LogP contribution in [-0.2, 0) is 6.42 Å². The Hall–Kier alpha value is -2.24. The van der Waals surface area contributed by atoms with Crippen LogP contribution in [0.5, 0.6) is 0 Å². The lowest BCUT2D eigenvalue weighted by molar-refractivity contribution is 0.590. The van der Waals surface area contributed by atoms with Crippen LogP contribution >= 0.6 is 0 Å². The minimum absolute atomic E-state index is 0.212. The summed E-state index contributed by atoms with van der Waals surface area (Å²) in [5.74, 6) is 0.261. The minimum atomic E-state index is -0.660. The number of aryl methyl sites for hydroxylation is 1. The van der Waals surface area contributed by atoms with E-state index in [0.717, 1.165) is 0 Å². The van der Waals surface area contributed by atoms with Gasteiger partial charge in [0.2, 0.25) is 0 Å². The predicted molar refractivity (Wildman–Crippen MR) is 75.2 cm³/mol. The maximum atomic E-state index is 13.6. The summed E-state index contributed by atoms with van der Waals surface area (Å²) in [4.78, 5) is 8.49. The van der Waals surface area contributed by atoms with Gasteiger partial charge in [0, 0.05) is 19.0 Å². The summed E-state index contributed by atoms with van der Waals surface area (Å²) in [5, 5.41) is 5.73. The van der Waals surface area contributed by atoms with Gasteiger partial charge in [0.15, 0.2) is 0 Å². The molecule has 106 valence electrons. The van der Waals surface area contributed by atoms with Gasteiger partial charge < -0.3 is 10.6 Å². The molecule has 0 aliphatic heterocycles. The Kier molecular flexibility index (Phi) is 4.45. The molecule has 0 amide bonds. The van der Waals surface area contributed by atoms with Crippen LogP contribution in [0.1, 0.15) is 19.7 Å². The van der Waals surface area contributed by atoms with Crippen LogP contribution in [0.2, 0.25) is 0 Å². The second-order valence-electron chi connectivity index (χ2n) is 4.16. The van der Waals surface area contributed by atoms with E-state index in [0.29, 0.717) is 30.4 Å². The molecule has 1 aromatic carbocycles. The number of rotatable bonds is 5. The standard InChI is InChI=1S/C14H16F2N4/c1-3-11-18-12(17-4-2)8-13(19-11)20-14-9(15)6-5-7-10(14)16/h5-8H,3-4H2,1-2H3,(H2,17,18,19,20). The zero-order chi connectivity index (χ0) is 14.5. The average molecular weight is 278 g/mol. The van der Waals surface area contributed by atoms with Gasteiger partial charge in [-0.15, -0.1) is 0 Å². The van der Waals surface area contributed by atoms with E-state index in [4.69, 9.17) is 0 Å². The molecule has 2 N–H and O–H groups in total. The summed E-state index contributed by atoms with van der Waals surface area (Å²) in [6.45, 7) is 4.56. The lowest BCUT2D eigenvalue weighted by atomic mass is 10.3. The first kappa shape index (κ1) is 14.2. The van der Waals surface area contributed by atoms with Crippen LogP contribution in [0.15, 0.2) is 24.3 Å². The Morgan fingerprint density at radius 2 is 1.70 bits per heavy atom. The third-order valence-corrected chi connectivity index (χ3v) is 2.66. The van der Waals surface area contributed by atoms with E-state index in [1.165, 1.54) is 18.2 Å². The van der Waals surface area contributed by atoms with Crippen LogP contribution in [0.3, 0.4) is 0 Å². The number of hydrogen-bond donors (Lipinski definition) is 2. The lowest BCUT2D eigenvalue weighted by Gasteiger charge is -2.11. The molecule has 0 atom stereocenters. The molecule has 2 rings (SSSR count). The molecule has 0 bridgehead atoms. The molecule has 0 aliphatic carbocycles. The van der Waals surface area contributed by atoms with Crippen molar-refractivity contribution in [2.75, 3.05) is 17.2 Å². The SMILES string of the molecule is CCNc1cc(Nc2c(F)cccc2F)nc(CC)n1. The maximum absolute atomic E-state index is 13.6. The van der Waals surface area contributed by atoms with Gasteiger partial charge in [0.1, 0.15) is 34.8 Å². The van der Waals surface area contributed by atoms with Gasteiger partial charge in [0.25, 0.3) is 0 Å². The second-order valence-corrected chi connectivity index (χ2v) is 4.16. The summed E-state index contributed by atoms with van der Waals surface area (Å²) >= 11 is 0. The van der Waals surface area contributed by atoms with Gasteiger partial charge in [-0.05, 0) is 19.1 Å². The first-order valence-corrected chi connectivity index (χ1v) is 6.47. The molecule has 4 nitrogen and oxygen atoms in total. The van der Waals surface area contributed by atoms with Crippen LogP contribution in [0.4, 0.5) is 26.1 Å². The van der Waals surface area contributed by atoms with Gasteiger partial charge in [-0.1, -0.05) is 13.0 Å². The summed E-state index contributed by atoms with van der Waals surface area (Å²) in [6.07, 6.45) is 0.633. The number of para-hydroxylation sites is 1. The molecule has 6 heteroatoms. The van der Waals surface area contributed by atoms with Crippen molar-refractivity contribution in [2.45, 2.75) is 20.3 Å². The molecule has 20 heavy (non-hydrogen) atoms. The fraction of sp³-hybridized carbons (Fsp3) is 0.286. The number of benzene rings is 1. The van der Waals surface area contributed by atoms with Crippen LogP contribution in [0, 0.1) is 11.6 Å². The Morgan fingerprint density at radius 1 is 1.05 bits per heavy atom. The Morgan fingerprint density at radius 3 is 2.30 bits per heavy atom. The van der Waals surface area contributed by atoms with Crippen molar-refractivity contribution in [3.05, 3.63) is 41.7 Å². The third-order valence-electron chi connectivity index (χ3n) is 2.66. The van der Waals surface area contributed by atoms with Gasteiger partial charge >= 0.3 is 0 Å². The fourth-order valence-electron chi connectivity index (χ4n) is 1.74. The van der Waals surface area contributed by atoms with E-state index >= 15 is 0 Å². The second kappa shape index (κ2) is 6.27. The number of anilines is 3. The van der Waals surface area contributed by atoms with Gasteiger partial charge in [0.05, 0.1) is 0 Å². The first-order chi connectivity index (χ1) is 9.63. The molecule has 0 spiro atoms. The fourth-order valence-corrected chi connectivity index (χ4v) is 1.74. The zero-order valence-corrected chi connectivity index (χ0v) is 11.4. The topological polar surface area (TPSA) is 49.8 Å². The molecule has 0 saturated carbocycles. The average Bonchev–Trinajstić information content (AvgIpc) is 2.43. The first-order valence-electron chi connectivity index (χ1n) is 6.47. The largest absolute Gasteiger partial charge is 0.370 e. The van der Waals surface area contributed by atoms with Crippen molar-refractivity contribution in [3.8, 4) is 0 Å². The van der Waals surface area contributed by atoms with Crippen molar-refractivity contribution in [1.29, 1.82) is 0 Å². The van der Waals surface area contributed by atoms with Gasteiger partial charge in [-0.2, -0.15) is 0 Å².